The molecule has 11 heavy (non-hydrogen) atoms. The van der Waals surface area contributed by atoms with Crippen molar-refractivity contribution in [2.75, 3.05) is 12.3 Å². The molecule has 5 heteroatoms. The normalized spacial score (nSPS) is 15.6. The van der Waals surface area contributed by atoms with Crippen LogP contribution >= 0.6 is 64.1 Å². The fourth-order valence-electron chi connectivity index (χ4n) is 0.399. The third-order valence-corrected chi connectivity index (χ3v) is 10.3. The first-order valence-corrected chi connectivity index (χ1v) is 13.5. The first-order valence-electron chi connectivity index (χ1n) is 2.86. The van der Waals surface area contributed by atoms with Gasteiger partial charge in [0.15, 0.2) is 0 Å². The topological polar surface area (TPSA) is 12.0 Å². The van der Waals surface area contributed by atoms with Crippen LogP contribution in [0, 0.1) is 0 Å². The van der Waals surface area contributed by atoms with Crippen LogP contribution in [0.3, 0.4) is 0 Å². The molecule has 0 saturated heterocycles. The van der Waals surface area contributed by atoms with E-state index in [9.17, 15) is 0 Å². The van der Waals surface area contributed by atoms with E-state index >= 15 is 0 Å². The van der Waals surface area contributed by atoms with Crippen molar-refractivity contribution in [1.29, 1.82) is 0 Å². The van der Waals surface area contributed by atoms with Crippen LogP contribution in [0.4, 0.5) is 0 Å². The molecule has 0 atom stereocenters. The molecule has 0 radical (unpaired) electrons. The summed E-state index contributed by atoms with van der Waals surface area (Å²) >= 11 is 3.40. The van der Waals surface area contributed by atoms with Crippen molar-refractivity contribution in [3.8, 4) is 0 Å². The SMILES string of the molecule is CI=C(C)C(N[I-]C)=ICI. The molecule has 0 bridgehead atoms. The van der Waals surface area contributed by atoms with E-state index < -0.39 is 0 Å². The van der Waals surface area contributed by atoms with Gasteiger partial charge in [-0.05, 0) is 0 Å². The van der Waals surface area contributed by atoms with Gasteiger partial charge in [-0.25, -0.2) is 0 Å². The first kappa shape index (κ1) is 13.6. The molecule has 0 rings (SSSR count). The predicted molar refractivity (Wildman–Crippen MR) is 77.6 cm³/mol. The van der Waals surface area contributed by atoms with E-state index in [2.05, 4.69) is 42.9 Å². The second kappa shape index (κ2) is 9.19. The zero-order valence-corrected chi connectivity index (χ0v) is 15.3. The van der Waals surface area contributed by atoms with Gasteiger partial charge in [-0.2, -0.15) is 0 Å². The van der Waals surface area contributed by atoms with Crippen LogP contribution in [0.25, 0.3) is 0 Å². The van der Waals surface area contributed by atoms with Crippen molar-refractivity contribution >= 4 is 71.2 Å². The molecule has 0 aliphatic carbocycles. The van der Waals surface area contributed by atoms with Gasteiger partial charge in [-0.1, -0.05) is 0 Å². The van der Waals surface area contributed by atoms with Gasteiger partial charge in [0.1, 0.15) is 0 Å². The zero-order valence-electron chi connectivity index (χ0n) is 6.72. The standard InChI is InChI=1S/C6H12I4N/c1-5(8-2)6(10-4-7)11-9-3/h11H,4H2,1-3H3/q-1. The summed E-state index contributed by atoms with van der Waals surface area (Å²) in [6.45, 7) is 2.31. The maximum atomic E-state index is 3.60. The van der Waals surface area contributed by atoms with E-state index in [4.69, 9.17) is 0 Å². The zero-order chi connectivity index (χ0) is 8.69. The van der Waals surface area contributed by atoms with Crippen LogP contribution in [-0.2, 0) is 0 Å². The summed E-state index contributed by atoms with van der Waals surface area (Å²) in [6, 6.07) is 0. The van der Waals surface area contributed by atoms with Gasteiger partial charge in [0.25, 0.3) is 0 Å². The summed E-state index contributed by atoms with van der Waals surface area (Å²) in [5.41, 5.74) is 0. The van der Waals surface area contributed by atoms with Crippen LogP contribution in [-0.4, -0.2) is 19.4 Å². The van der Waals surface area contributed by atoms with Gasteiger partial charge < -0.3 is 0 Å². The van der Waals surface area contributed by atoms with Crippen LogP contribution in [0.2, 0.25) is 0 Å². The van der Waals surface area contributed by atoms with E-state index in [1.165, 1.54) is 2.43 Å². The Balaban J connectivity index is 4.22. The molecule has 0 aliphatic heterocycles. The summed E-state index contributed by atoms with van der Waals surface area (Å²) in [5.74, 6) is 0. The molecule has 0 aromatic heterocycles. The predicted octanol–water partition coefficient (Wildman–Crippen LogP) is -0.504. The van der Waals surface area contributed by atoms with Gasteiger partial charge in [-0.3, -0.25) is 0 Å². The number of hydrogen-bond donors (Lipinski definition) is 1. The Morgan fingerprint density at radius 2 is 2.27 bits per heavy atom. The van der Waals surface area contributed by atoms with E-state index in [-0.39, 0.29) is 21.5 Å². The van der Waals surface area contributed by atoms with E-state index in [1.54, 1.807) is 7.14 Å². The van der Waals surface area contributed by atoms with E-state index in [0.717, 1.165) is 0 Å². The fraction of sp³-hybridized carbons (Fsp3) is 0.667. The molecule has 0 saturated carbocycles. The quantitative estimate of drug-likeness (QED) is 0.259. The van der Waals surface area contributed by atoms with Crippen molar-refractivity contribution in [2.24, 2.45) is 0 Å². The molecule has 0 spiro atoms. The van der Waals surface area contributed by atoms with Gasteiger partial charge in [-0.15, -0.1) is 0 Å². The summed E-state index contributed by atoms with van der Waals surface area (Å²) in [6.07, 6.45) is 0. The Hall–Kier alpha value is 2.62. The molecule has 0 fully saturated rings. The van der Waals surface area contributed by atoms with Gasteiger partial charge in [0, 0.05) is 0 Å². The van der Waals surface area contributed by atoms with Gasteiger partial charge in [0.2, 0.25) is 0 Å². The van der Waals surface area contributed by atoms with Crippen LogP contribution < -0.4 is 25.0 Å². The molecule has 1 N–H and O–H groups in total. The summed E-state index contributed by atoms with van der Waals surface area (Å²) < 4.78 is 8.29. The van der Waals surface area contributed by atoms with Crippen molar-refractivity contribution in [2.45, 2.75) is 6.92 Å². The second-order valence-corrected chi connectivity index (χ2v) is 12.2. The summed E-state index contributed by atoms with van der Waals surface area (Å²) in [4.78, 5) is 4.64. The molecule has 0 aliphatic rings. The van der Waals surface area contributed by atoms with Crippen molar-refractivity contribution in [3.05, 3.63) is 0 Å². The first-order chi connectivity index (χ1) is 5.26. The number of nitrogens with one attached hydrogen (secondary N) is 1. The van der Waals surface area contributed by atoms with Crippen LogP contribution in [0.5, 0.6) is 0 Å². The Labute approximate surface area is 113 Å². The molecule has 70 valence electrons. The summed E-state index contributed by atoms with van der Waals surface area (Å²) in [7, 11) is 0. The molecule has 1 nitrogen and oxygen atoms in total. The van der Waals surface area contributed by atoms with E-state index in [1.807, 2.05) is 0 Å². The molecule has 0 aromatic rings. The Morgan fingerprint density at radius 1 is 1.64 bits per heavy atom. The Kier molecular flexibility index (Phi) is 11.4. The number of halogens is 4. The molecule has 0 heterocycles. The molecule has 0 unspecified atom stereocenters. The monoisotopic (exact) mass is 606 g/mol. The molecule has 0 amide bonds. The number of rotatable bonds is 4. The molecule has 0 aromatic carbocycles. The van der Waals surface area contributed by atoms with Gasteiger partial charge >= 0.3 is 115 Å². The maximum absolute atomic E-state index is 3.60. The average molecular weight is 606 g/mol. The molecular weight excluding hydrogens is 594 g/mol. The van der Waals surface area contributed by atoms with E-state index in [0.29, 0.717) is 41.5 Å². The molecular formula is C6H12I4N-. The van der Waals surface area contributed by atoms with Crippen molar-refractivity contribution in [1.82, 2.24) is 3.53 Å². The minimum atomic E-state index is 0.249. The third-order valence-electron chi connectivity index (χ3n) is 0.948. The second-order valence-electron chi connectivity index (χ2n) is 1.55. The Bertz CT molecular complexity index is 164. The van der Waals surface area contributed by atoms with Crippen LogP contribution in [0.1, 0.15) is 6.92 Å². The minimum absolute atomic E-state index is 0.249. The fourth-order valence-corrected chi connectivity index (χ4v) is 9.96. The third kappa shape index (κ3) is 6.66. The van der Waals surface area contributed by atoms with Crippen LogP contribution in [0.15, 0.2) is 0 Å². The average Bonchev–Trinajstić information content (AvgIpc) is 2.03. The summed E-state index contributed by atoms with van der Waals surface area (Å²) in [5, 5.41) is 0. The number of hydrogen-bond acceptors (Lipinski definition) is 1. The number of alkyl halides is 4. The van der Waals surface area contributed by atoms with Gasteiger partial charge in [0.05, 0.1) is 0 Å². The van der Waals surface area contributed by atoms with Crippen molar-refractivity contribution < 1.29 is 21.5 Å². The van der Waals surface area contributed by atoms with Crippen molar-refractivity contribution in [3.63, 3.8) is 0 Å². The Morgan fingerprint density at radius 3 is 2.64 bits per heavy atom.